The fourth-order valence-electron chi connectivity index (χ4n) is 1.49. The molecule has 4 heteroatoms. The van der Waals surface area contributed by atoms with E-state index in [0.717, 1.165) is 16.5 Å². The minimum atomic E-state index is -0.178. The van der Waals surface area contributed by atoms with Gasteiger partial charge in [0.25, 0.3) is 0 Å². The van der Waals surface area contributed by atoms with Crippen LogP contribution in [0.5, 0.6) is 0 Å². The fourth-order valence-corrected chi connectivity index (χ4v) is 4.37. The van der Waals surface area contributed by atoms with Gasteiger partial charge in [-0.2, -0.15) is 0 Å². The van der Waals surface area contributed by atoms with E-state index in [1.165, 1.54) is 10.9 Å². The summed E-state index contributed by atoms with van der Waals surface area (Å²) in [5, 5.41) is 2.04. The summed E-state index contributed by atoms with van der Waals surface area (Å²) in [5.74, 6) is -0.178. The second-order valence-corrected chi connectivity index (χ2v) is 6.34. The third-order valence-corrected chi connectivity index (χ3v) is 5.30. The van der Waals surface area contributed by atoms with Crippen LogP contribution >= 0.6 is 43.2 Å². The molecule has 0 nitrogen and oxygen atoms in total. The number of alkyl halides is 1. The third-order valence-electron chi connectivity index (χ3n) is 2.23. The van der Waals surface area contributed by atoms with Crippen molar-refractivity contribution in [3.8, 4) is 0 Å². The third kappa shape index (κ3) is 2.93. The van der Waals surface area contributed by atoms with Crippen molar-refractivity contribution in [1.82, 2.24) is 0 Å². The van der Waals surface area contributed by atoms with Gasteiger partial charge in [-0.05, 0) is 51.5 Å². The van der Waals surface area contributed by atoms with Crippen molar-refractivity contribution in [2.45, 2.75) is 11.2 Å². The molecule has 0 aliphatic carbocycles. The monoisotopic (exact) mass is 362 g/mol. The SMILES string of the molecule is Fc1cccc(CC(Br)c2sccc2Br)c1. The van der Waals surface area contributed by atoms with Crippen LogP contribution in [0.25, 0.3) is 0 Å². The van der Waals surface area contributed by atoms with Gasteiger partial charge in [0, 0.05) is 9.35 Å². The summed E-state index contributed by atoms with van der Waals surface area (Å²) in [4.78, 5) is 1.47. The van der Waals surface area contributed by atoms with Crippen molar-refractivity contribution in [2.75, 3.05) is 0 Å². The Bertz CT molecular complexity index is 481. The van der Waals surface area contributed by atoms with Gasteiger partial charge in [0.1, 0.15) is 5.82 Å². The maximum atomic E-state index is 13.0. The molecule has 0 spiro atoms. The first-order chi connectivity index (χ1) is 7.66. The Morgan fingerprint density at radius 2 is 2.12 bits per heavy atom. The molecule has 0 radical (unpaired) electrons. The van der Waals surface area contributed by atoms with E-state index in [1.807, 2.05) is 17.5 Å². The quantitative estimate of drug-likeness (QED) is 0.646. The Morgan fingerprint density at radius 1 is 1.31 bits per heavy atom. The van der Waals surface area contributed by atoms with Crippen LogP contribution in [-0.2, 0) is 6.42 Å². The van der Waals surface area contributed by atoms with Gasteiger partial charge in [-0.1, -0.05) is 28.1 Å². The maximum Gasteiger partial charge on any atom is 0.123 e. The van der Waals surface area contributed by atoms with Crippen molar-refractivity contribution in [3.63, 3.8) is 0 Å². The summed E-state index contributed by atoms with van der Waals surface area (Å²) in [6.07, 6.45) is 0.789. The highest BCUT2D eigenvalue weighted by Crippen LogP contribution is 2.36. The second-order valence-electron chi connectivity index (χ2n) is 3.43. The topological polar surface area (TPSA) is 0 Å². The van der Waals surface area contributed by atoms with Gasteiger partial charge in [0.15, 0.2) is 0 Å². The van der Waals surface area contributed by atoms with Crippen molar-refractivity contribution in [3.05, 3.63) is 56.4 Å². The van der Waals surface area contributed by atoms with Crippen LogP contribution in [0, 0.1) is 5.82 Å². The van der Waals surface area contributed by atoms with Crippen molar-refractivity contribution in [2.24, 2.45) is 0 Å². The lowest BCUT2D eigenvalue weighted by molar-refractivity contribution is 0.625. The van der Waals surface area contributed by atoms with Crippen LogP contribution in [0.3, 0.4) is 0 Å². The molecule has 1 atom stereocenters. The molecular weight excluding hydrogens is 355 g/mol. The number of rotatable bonds is 3. The molecule has 1 heterocycles. The lowest BCUT2D eigenvalue weighted by atomic mass is 10.1. The molecule has 0 aliphatic rings. The van der Waals surface area contributed by atoms with Gasteiger partial charge < -0.3 is 0 Å². The first kappa shape index (κ1) is 12.3. The Kier molecular flexibility index (Phi) is 4.16. The van der Waals surface area contributed by atoms with E-state index in [-0.39, 0.29) is 10.6 Å². The Labute approximate surface area is 115 Å². The first-order valence-electron chi connectivity index (χ1n) is 4.78. The number of hydrogen-bond acceptors (Lipinski definition) is 1. The molecule has 2 aromatic rings. The lowest BCUT2D eigenvalue weighted by Crippen LogP contribution is -1.94. The van der Waals surface area contributed by atoms with Crippen molar-refractivity contribution < 1.29 is 4.39 Å². The van der Waals surface area contributed by atoms with Crippen molar-refractivity contribution in [1.29, 1.82) is 0 Å². The molecule has 0 saturated heterocycles. The van der Waals surface area contributed by atoms with Crippen LogP contribution in [0.1, 0.15) is 15.3 Å². The van der Waals surface area contributed by atoms with Gasteiger partial charge in [-0.15, -0.1) is 11.3 Å². The predicted octanol–water partition coefficient (Wildman–Crippen LogP) is 5.33. The van der Waals surface area contributed by atoms with E-state index in [2.05, 4.69) is 31.9 Å². The number of halogens is 3. The molecule has 0 N–H and O–H groups in total. The highest BCUT2D eigenvalue weighted by atomic mass is 79.9. The zero-order valence-electron chi connectivity index (χ0n) is 8.29. The van der Waals surface area contributed by atoms with Crippen LogP contribution in [0.4, 0.5) is 4.39 Å². The first-order valence-corrected chi connectivity index (χ1v) is 7.37. The van der Waals surface area contributed by atoms with Crippen LogP contribution in [0.15, 0.2) is 40.2 Å². The van der Waals surface area contributed by atoms with Gasteiger partial charge in [0.05, 0.1) is 4.83 Å². The van der Waals surface area contributed by atoms with E-state index < -0.39 is 0 Å². The predicted molar refractivity (Wildman–Crippen MR) is 73.8 cm³/mol. The molecule has 0 amide bonds. The maximum absolute atomic E-state index is 13.0. The normalized spacial score (nSPS) is 12.7. The Hall–Kier alpha value is -0.190. The highest BCUT2D eigenvalue weighted by molar-refractivity contribution is 9.11. The Balaban J connectivity index is 2.14. The van der Waals surface area contributed by atoms with Crippen LogP contribution in [0.2, 0.25) is 0 Å². The highest BCUT2D eigenvalue weighted by Gasteiger charge is 2.13. The summed E-state index contributed by atoms with van der Waals surface area (Å²) in [6, 6.07) is 8.76. The molecule has 1 aromatic heterocycles. The molecule has 2 rings (SSSR count). The average Bonchev–Trinajstić information content (AvgIpc) is 2.64. The smallest absolute Gasteiger partial charge is 0.123 e. The van der Waals surface area contributed by atoms with E-state index in [9.17, 15) is 4.39 Å². The van der Waals surface area contributed by atoms with Crippen molar-refractivity contribution >= 4 is 43.2 Å². The molecule has 1 aromatic carbocycles. The zero-order valence-corrected chi connectivity index (χ0v) is 12.3. The summed E-state index contributed by atoms with van der Waals surface area (Å²) in [7, 11) is 0. The minimum Gasteiger partial charge on any atom is -0.207 e. The van der Waals surface area contributed by atoms with Gasteiger partial charge >= 0.3 is 0 Å². The number of benzene rings is 1. The summed E-state index contributed by atoms with van der Waals surface area (Å²) in [5.41, 5.74) is 1.00. The molecule has 0 bridgehead atoms. The second kappa shape index (κ2) is 5.43. The molecule has 0 aliphatic heterocycles. The van der Waals surface area contributed by atoms with E-state index in [0.29, 0.717) is 0 Å². The average molecular weight is 364 g/mol. The molecule has 1 unspecified atom stereocenters. The molecule has 16 heavy (non-hydrogen) atoms. The van der Waals surface area contributed by atoms with Crippen LogP contribution in [-0.4, -0.2) is 0 Å². The number of hydrogen-bond donors (Lipinski definition) is 0. The lowest BCUT2D eigenvalue weighted by Gasteiger charge is -2.08. The molecule has 0 saturated carbocycles. The van der Waals surface area contributed by atoms with E-state index in [1.54, 1.807) is 23.5 Å². The minimum absolute atomic E-state index is 0.178. The number of thiophene rings is 1. The zero-order chi connectivity index (χ0) is 11.5. The van der Waals surface area contributed by atoms with E-state index >= 15 is 0 Å². The molecule has 0 fully saturated rings. The summed E-state index contributed by atoms with van der Waals surface area (Å²) < 4.78 is 14.1. The standard InChI is InChI=1S/C12H9Br2FS/c13-10-4-5-16-12(10)11(14)7-8-2-1-3-9(15)6-8/h1-6,11H,7H2. The van der Waals surface area contributed by atoms with Gasteiger partial charge in [0.2, 0.25) is 0 Å². The van der Waals surface area contributed by atoms with Gasteiger partial charge in [-0.3, -0.25) is 0 Å². The largest absolute Gasteiger partial charge is 0.207 e. The summed E-state index contributed by atoms with van der Waals surface area (Å²) >= 11 is 8.83. The Morgan fingerprint density at radius 3 is 2.75 bits per heavy atom. The van der Waals surface area contributed by atoms with E-state index in [4.69, 9.17) is 0 Å². The fraction of sp³-hybridized carbons (Fsp3) is 0.167. The summed E-state index contributed by atoms with van der Waals surface area (Å²) in [6.45, 7) is 0. The van der Waals surface area contributed by atoms with Crippen LogP contribution < -0.4 is 0 Å². The van der Waals surface area contributed by atoms with Gasteiger partial charge in [-0.25, -0.2) is 4.39 Å². The molecular formula is C12H9Br2FS. The molecule has 84 valence electrons.